The number of fused-ring (bicyclic) bond motifs is 1. The molecule has 1 N–H and O–H groups in total. The van der Waals surface area contributed by atoms with E-state index in [1.165, 1.54) is 12.1 Å². The highest BCUT2D eigenvalue weighted by Crippen LogP contribution is 2.33. The van der Waals surface area contributed by atoms with Gasteiger partial charge >= 0.3 is 0 Å². The molecule has 4 rings (SSSR count). The van der Waals surface area contributed by atoms with Crippen LogP contribution in [-0.4, -0.2) is 38.5 Å². The lowest BCUT2D eigenvalue weighted by Crippen LogP contribution is -2.45. The van der Waals surface area contributed by atoms with Crippen LogP contribution < -0.4 is 19.7 Å². The van der Waals surface area contributed by atoms with Crippen molar-refractivity contribution < 1.29 is 23.4 Å². The Balaban J connectivity index is 0.00000225. The summed E-state index contributed by atoms with van der Waals surface area (Å²) in [6, 6.07) is 11.5. The molecule has 1 saturated heterocycles. The topological polar surface area (TPSA) is 60.0 Å². The molecule has 0 saturated carbocycles. The number of anilines is 1. The van der Waals surface area contributed by atoms with E-state index in [2.05, 4.69) is 5.32 Å². The van der Waals surface area contributed by atoms with Gasteiger partial charge in [0.25, 0.3) is 0 Å². The molecule has 0 aromatic heterocycles. The first-order chi connectivity index (χ1) is 13.2. The number of nitrogens with one attached hydrogen (secondary N) is 1. The van der Waals surface area contributed by atoms with Crippen molar-refractivity contribution in [1.29, 1.82) is 0 Å². The summed E-state index contributed by atoms with van der Waals surface area (Å²) >= 11 is 0. The highest BCUT2D eigenvalue weighted by molar-refractivity contribution is 5.93. The Labute approximate surface area is 169 Å². The molecule has 2 aliphatic heterocycles. The quantitative estimate of drug-likeness (QED) is 0.824. The number of amides is 1. The molecule has 0 bridgehead atoms. The van der Waals surface area contributed by atoms with E-state index in [1.807, 2.05) is 18.2 Å². The van der Waals surface area contributed by atoms with Gasteiger partial charge in [0.2, 0.25) is 12.7 Å². The van der Waals surface area contributed by atoms with Crippen molar-refractivity contribution in [2.75, 3.05) is 31.5 Å². The van der Waals surface area contributed by atoms with E-state index < -0.39 is 0 Å². The molecule has 150 valence electrons. The molecule has 2 aromatic rings. The average Bonchev–Trinajstić information content (AvgIpc) is 3.15. The van der Waals surface area contributed by atoms with E-state index in [1.54, 1.807) is 17.0 Å². The van der Waals surface area contributed by atoms with Crippen LogP contribution in [0.3, 0.4) is 0 Å². The zero-order chi connectivity index (χ0) is 18.6. The second-order valence-electron chi connectivity index (χ2n) is 6.57. The zero-order valence-electron chi connectivity index (χ0n) is 15.2. The normalized spacial score (nSPS) is 17.7. The second kappa shape index (κ2) is 9.23. The van der Waals surface area contributed by atoms with Crippen molar-refractivity contribution in [3.05, 3.63) is 53.8 Å². The molecule has 28 heavy (non-hydrogen) atoms. The largest absolute Gasteiger partial charge is 0.454 e. The molecular formula is C20H22ClFN2O4. The maximum Gasteiger partial charge on any atom is 0.231 e. The second-order valence-corrected chi connectivity index (χ2v) is 6.57. The summed E-state index contributed by atoms with van der Waals surface area (Å²) in [6.07, 6.45) is 0.307. The van der Waals surface area contributed by atoms with Gasteiger partial charge in [-0.05, 0) is 42.0 Å². The van der Waals surface area contributed by atoms with E-state index in [0.29, 0.717) is 43.4 Å². The molecule has 0 radical (unpaired) electrons. The third-order valence-corrected chi connectivity index (χ3v) is 4.64. The molecule has 1 fully saturated rings. The van der Waals surface area contributed by atoms with Crippen LogP contribution in [-0.2, 0) is 16.1 Å². The number of nitrogens with zero attached hydrogens (tertiary/aromatic N) is 1. The molecule has 2 aromatic carbocycles. The van der Waals surface area contributed by atoms with E-state index in [-0.39, 0.29) is 37.0 Å². The van der Waals surface area contributed by atoms with Gasteiger partial charge in [0.1, 0.15) is 5.82 Å². The van der Waals surface area contributed by atoms with Gasteiger partial charge in [0, 0.05) is 24.7 Å². The number of halogens is 2. The molecule has 0 aliphatic carbocycles. The SMILES string of the molecule is Cl.O=C(CC1COCCN1)N(Cc1ccc2c(c1)OCO2)c1ccc(F)cc1. The zero-order valence-corrected chi connectivity index (χ0v) is 16.0. The Morgan fingerprint density at radius 2 is 1.93 bits per heavy atom. The summed E-state index contributed by atoms with van der Waals surface area (Å²) in [5.41, 5.74) is 1.56. The first kappa shape index (κ1) is 20.4. The third-order valence-electron chi connectivity index (χ3n) is 4.64. The van der Waals surface area contributed by atoms with Crippen molar-refractivity contribution in [2.45, 2.75) is 19.0 Å². The van der Waals surface area contributed by atoms with Gasteiger partial charge in [0.15, 0.2) is 11.5 Å². The van der Waals surface area contributed by atoms with Gasteiger partial charge in [0.05, 0.1) is 19.8 Å². The van der Waals surface area contributed by atoms with E-state index in [9.17, 15) is 9.18 Å². The maximum absolute atomic E-state index is 13.3. The molecule has 6 nitrogen and oxygen atoms in total. The molecule has 0 spiro atoms. The van der Waals surface area contributed by atoms with Crippen LogP contribution in [0.4, 0.5) is 10.1 Å². The Bertz CT molecular complexity index is 812. The molecule has 1 atom stereocenters. The first-order valence-corrected chi connectivity index (χ1v) is 8.94. The van der Waals surface area contributed by atoms with Crippen molar-refractivity contribution in [1.82, 2.24) is 5.32 Å². The van der Waals surface area contributed by atoms with Crippen LogP contribution in [0.5, 0.6) is 11.5 Å². The molecule has 2 aliphatic rings. The fourth-order valence-corrected chi connectivity index (χ4v) is 3.24. The standard InChI is InChI=1S/C20H21FN2O4.ClH/c21-15-2-4-17(5-3-15)23(20(24)10-16-12-25-8-7-22-16)11-14-1-6-18-19(9-14)27-13-26-18;/h1-6,9,16,22H,7-8,10-13H2;1H. The lowest BCUT2D eigenvalue weighted by atomic mass is 10.1. The van der Waals surface area contributed by atoms with Crippen LogP contribution in [0.1, 0.15) is 12.0 Å². The van der Waals surface area contributed by atoms with Crippen LogP contribution >= 0.6 is 12.4 Å². The van der Waals surface area contributed by atoms with Crippen LogP contribution in [0, 0.1) is 5.82 Å². The van der Waals surface area contributed by atoms with Gasteiger partial charge in [-0.1, -0.05) is 6.07 Å². The third kappa shape index (κ3) is 4.73. The molecule has 8 heteroatoms. The average molecular weight is 409 g/mol. The predicted molar refractivity (Wildman–Crippen MR) is 105 cm³/mol. The van der Waals surface area contributed by atoms with Crippen molar-refractivity contribution >= 4 is 24.0 Å². The van der Waals surface area contributed by atoms with Crippen molar-refractivity contribution in [2.24, 2.45) is 0 Å². The minimum Gasteiger partial charge on any atom is -0.454 e. The fourth-order valence-electron chi connectivity index (χ4n) is 3.24. The Morgan fingerprint density at radius 3 is 2.68 bits per heavy atom. The van der Waals surface area contributed by atoms with Crippen LogP contribution in [0.2, 0.25) is 0 Å². The summed E-state index contributed by atoms with van der Waals surface area (Å²) in [7, 11) is 0. The molecule has 1 unspecified atom stereocenters. The summed E-state index contributed by atoms with van der Waals surface area (Å²) in [6.45, 7) is 2.45. The predicted octanol–water partition coefficient (Wildman–Crippen LogP) is 2.89. The number of carbonyl (C=O) groups excluding carboxylic acids is 1. The smallest absolute Gasteiger partial charge is 0.231 e. The Hall–Kier alpha value is -2.35. The lowest BCUT2D eigenvalue weighted by molar-refractivity contribution is -0.119. The highest BCUT2D eigenvalue weighted by Gasteiger charge is 2.23. The lowest BCUT2D eigenvalue weighted by Gasteiger charge is -2.28. The van der Waals surface area contributed by atoms with Crippen molar-refractivity contribution in [3.8, 4) is 11.5 Å². The summed E-state index contributed by atoms with van der Waals surface area (Å²) < 4.78 is 29.5. The van der Waals surface area contributed by atoms with Crippen LogP contribution in [0.15, 0.2) is 42.5 Å². The first-order valence-electron chi connectivity index (χ1n) is 8.94. The van der Waals surface area contributed by atoms with Gasteiger partial charge < -0.3 is 24.4 Å². The molecular weight excluding hydrogens is 387 g/mol. The Kier molecular flexibility index (Phi) is 6.72. The van der Waals surface area contributed by atoms with Gasteiger partial charge in [-0.25, -0.2) is 4.39 Å². The Morgan fingerprint density at radius 1 is 1.14 bits per heavy atom. The van der Waals surface area contributed by atoms with Crippen LogP contribution in [0.25, 0.3) is 0 Å². The minimum atomic E-state index is -0.337. The van der Waals surface area contributed by atoms with Gasteiger partial charge in [-0.3, -0.25) is 4.79 Å². The minimum absolute atomic E-state index is 0. The van der Waals surface area contributed by atoms with E-state index in [0.717, 1.165) is 12.1 Å². The number of carbonyl (C=O) groups is 1. The highest BCUT2D eigenvalue weighted by atomic mass is 35.5. The number of benzene rings is 2. The van der Waals surface area contributed by atoms with Gasteiger partial charge in [-0.15, -0.1) is 12.4 Å². The fraction of sp³-hybridized carbons (Fsp3) is 0.350. The summed E-state index contributed by atoms with van der Waals surface area (Å²) in [5.74, 6) is 0.974. The van der Waals surface area contributed by atoms with Gasteiger partial charge in [-0.2, -0.15) is 0 Å². The van der Waals surface area contributed by atoms with E-state index in [4.69, 9.17) is 14.2 Å². The number of rotatable bonds is 5. The number of ether oxygens (including phenoxy) is 3. The molecule has 1 amide bonds. The summed E-state index contributed by atoms with van der Waals surface area (Å²) in [4.78, 5) is 14.7. The number of hydrogen-bond donors (Lipinski definition) is 1. The number of hydrogen-bond acceptors (Lipinski definition) is 5. The van der Waals surface area contributed by atoms with Crippen molar-refractivity contribution in [3.63, 3.8) is 0 Å². The summed E-state index contributed by atoms with van der Waals surface area (Å²) in [5, 5.41) is 3.29. The number of morpholine rings is 1. The van der Waals surface area contributed by atoms with E-state index >= 15 is 0 Å². The monoisotopic (exact) mass is 408 g/mol. The maximum atomic E-state index is 13.3. The molecule has 2 heterocycles.